The van der Waals surface area contributed by atoms with E-state index in [0.717, 1.165) is 12.2 Å². The second-order valence-corrected chi connectivity index (χ2v) is 5.14. The van der Waals surface area contributed by atoms with Crippen LogP contribution in [0.5, 0.6) is 0 Å². The molecular formula is C11H17ClN2. The Morgan fingerprint density at radius 1 is 1.43 bits per heavy atom. The van der Waals surface area contributed by atoms with Gasteiger partial charge in [0.25, 0.3) is 0 Å². The van der Waals surface area contributed by atoms with E-state index in [9.17, 15) is 0 Å². The van der Waals surface area contributed by atoms with E-state index < -0.39 is 0 Å². The summed E-state index contributed by atoms with van der Waals surface area (Å²) in [6.07, 6.45) is 1.73. The van der Waals surface area contributed by atoms with E-state index >= 15 is 0 Å². The van der Waals surface area contributed by atoms with Crippen LogP contribution in [0, 0.1) is 5.41 Å². The summed E-state index contributed by atoms with van der Waals surface area (Å²) in [7, 11) is 2.07. The van der Waals surface area contributed by atoms with E-state index in [1.165, 1.54) is 0 Å². The van der Waals surface area contributed by atoms with Crippen LogP contribution in [0.15, 0.2) is 18.3 Å². The molecule has 3 heteroatoms. The minimum absolute atomic E-state index is 0.282. The van der Waals surface area contributed by atoms with E-state index in [4.69, 9.17) is 11.6 Å². The molecule has 0 amide bonds. The molecule has 0 saturated carbocycles. The second-order valence-electron chi connectivity index (χ2n) is 4.75. The van der Waals surface area contributed by atoms with Gasteiger partial charge >= 0.3 is 0 Å². The number of hydrogen-bond donors (Lipinski definition) is 0. The van der Waals surface area contributed by atoms with Gasteiger partial charge in [-0.2, -0.15) is 0 Å². The molecule has 0 fully saturated rings. The van der Waals surface area contributed by atoms with Crippen LogP contribution in [0.4, 0.5) is 5.69 Å². The van der Waals surface area contributed by atoms with Gasteiger partial charge in [-0.05, 0) is 17.5 Å². The lowest BCUT2D eigenvalue weighted by molar-refractivity contribution is 0.419. The number of rotatable bonds is 2. The van der Waals surface area contributed by atoms with Gasteiger partial charge in [0.15, 0.2) is 0 Å². The molecule has 1 aromatic heterocycles. The Morgan fingerprint density at radius 3 is 2.57 bits per heavy atom. The number of aromatic nitrogens is 1. The number of hydrogen-bond acceptors (Lipinski definition) is 2. The molecule has 2 nitrogen and oxygen atoms in total. The minimum Gasteiger partial charge on any atom is -0.374 e. The first-order valence-corrected chi connectivity index (χ1v) is 5.09. The highest BCUT2D eigenvalue weighted by Crippen LogP contribution is 2.21. The SMILES string of the molecule is CN(CC(C)(C)C)c1ccnc(Cl)c1. The fraction of sp³-hybridized carbons (Fsp3) is 0.545. The van der Waals surface area contributed by atoms with Crippen LogP contribution in [0.25, 0.3) is 0 Å². The molecule has 1 heterocycles. The first-order valence-electron chi connectivity index (χ1n) is 4.71. The molecule has 0 bridgehead atoms. The molecule has 0 aliphatic rings. The van der Waals surface area contributed by atoms with Gasteiger partial charge in [0, 0.05) is 25.5 Å². The average Bonchev–Trinajstić information content (AvgIpc) is 2.01. The molecule has 78 valence electrons. The summed E-state index contributed by atoms with van der Waals surface area (Å²) < 4.78 is 0. The number of nitrogens with zero attached hydrogens (tertiary/aromatic N) is 2. The number of halogens is 1. The van der Waals surface area contributed by atoms with Gasteiger partial charge < -0.3 is 4.90 Å². The largest absolute Gasteiger partial charge is 0.374 e. The maximum absolute atomic E-state index is 5.82. The zero-order valence-corrected chi connectivity index (χ0v) is 9.97. The van der Waals surface area contributed by atoms with Gasteiger partial charge in [-0.1, -0.05) is 32.4 Å². The lowest BCUT2D eigenvalue weighted by Gasteiger charge is -2.28. The minimum atomic E-state index is 0.282. The zero-order valence-electron chi connectivity index (χ0n) is 9.21. The lowest BCUT2D eigenvalue weighted by atomic mass is 9.96. The lowest BCUT2D eigenvalue weighted by Crippen LogP contribution is -2.29. The molecule has 0 saturated heterocycles. The van der Waals surface area contributed by atoms with Gasteiger partial charge in [-0.25, -0.2) is 4.98 Å². The van der Waals surface area contributed by atoms with E-state index in [2.05, 4.69) is 37.7 Å². The molecular weight excluding hydrogens is 196 g/mol. The van der Waals surface area contributed by atoms with E-state index in [-0.39, 0.29) is 5.41 Å². The van der Waals surface area contributed by atoms with Crippen molar-refractivity contribution in [2.45, 2.75) is 20.8 Å². The topological polar surface area (TPSA) is 16.1 Å². The summed E-state index contributed by atoms with van der Waals surface area (Å²) in [5.74, 6) is 0. The predicted octanol–water partition coefficient (Wildman–Crippen LogP) is 3.22. The van der Waals surface area contributed by atoms with Crippen molar-refractivity contribution in [3.8, 4) is 0 Å². The third-order valence-corrected chi connectivity index (χ3v) is 2.07. The van der Waals surface area contributed by atoms with Crippen molar-refractivity contribution in [3.05, 3.63) is 23.5 Å². The molecule has 0 unspecified atom stereocenters. The molecule has 0 spiro atoms. The first kappa shape index (κ1) is 11.3. The Morgan fingerprint density at radius 2 is 2.07 bits per heavy atom. The van der Waals surface area contributed by atoms with E-state index in [1.807, 2.05) is 12.1 Å². The molecule has 0 aliphatic heterocycles. The highest BCUT2D eigenvalue weighted by molar-refractivity contribution is 6.29. The molecule has 1 aromatic rings. The highest BCUT2D eigenvalue weighted by atomic mass is 35.5. The standard InChI is InChI=1S/C11H17ClN2/c1-11(2,3)8-14(4)9-5-6-13-10(12)7-9/h5-7H,8H2,1-4H3. The van der Waals surface area contributed by atoms with Crippen molar-refractivity contribution in [2.75, 3.05) is 18.5 Å². The third kappa shape index (κ3) is 3.54. The van der Waals surface area contributed by atoms with Gasteiger partial charge in [-0.15, -0.1) is 0 Å². The van der Waals surface area contributed by atoms with Gasteiger partial charge in [0.1, 0.15) is 5.15 Å². The Kier molecular flexibility index (Phi) is 3.38. The highest BCUT2D eigenvalue weighted by Gasteiger charge is 2.13. The Hall–Kier alpha value is -0.760. The smallest absolute Gasteiger partial charge is 0.131 e. The van der Waals surface area contributed by atoms with Crippen LogP contribution < -0.4 is 4.90 Å². The number of pyridine rings is 1. The van der Waals surface area contributed by atoms with E-state index in [1.54, 1.807) is 6.20 Å². The van der Waals surface area contributed by atoms with Crippen LogP contribution in [0.2, 0.25) is 5.15 Å². The summed E-state index contributed by atoms with van der Waals surface area (Å²) in [6.45, 7) is 7.64. The molecule has 0 aliphatic carbocycles. The van der Waals surface area contributed by atoms with Gasteiger partial charge in [0.2, 0.25) is 0 Å². The normalized spacial score (nSPS) is 11.5. The van der Waals surface area contributed by atoms with Crippen molar-refractivity contribution >= 4 is 17.3 Å². The summed E-state index contributed by atoms with van der Waals surface area (Å²) in [4.78, 5) is 6.15. The van der Waals surface area contributed by atoms with E-state index in [0.29, 0.717) is 5.15 Å². The summed E-state index contributed by atoms with van der Waals surface area (Å²) >= 11 is 5.82. The molecule has 0 aromatic carbocycles. The van der Waals surface area contributed by atoms with Crippen molar-refractivity contribution < 1.29 is 0 Å². The quantitative estimate of drug-likeness (QED) is 0.700. The fourth-order valence-corrected chi connectivity index (χ4v) is 1.60. The summed E-state index contributed by atoms with van der Waals surface area (Å²) in [5.41, 5.74) is 1.39. The van der Waals surface area contributed by atoms with Crippen molar-refractivity contribution in [1.29, 1.82) is 0 Å². The Balaban J connectivity index is 2.74. The van der Waals surface area contributed by atoms with Crippen LogP contribution in [-0.2, 0) is 0 Å². The molecule has 0 radical (unpaired) electrons. The predicted molar refractivity (Wildman–Crippen MR) is 62.0 cm³/mol. The van der Waals surface area contributed by atoms with Crippen LogP contribution in [-0.4, -0.2) is 18.6 Å². The second kappa shape index (κ2) is 4.18. The third-order valence-electron chi connectivity index (χ3n) is 1.86. The van der Waals surface area contributed by atoms with Crippen LogP contribution in [0.1, 0.15) is 20.8 Å². The summed E-state index contributed by atoms with van der Waals surface area (Å²) in [6, 6.07) is 3.85. The monoisotopic (exact) mass is 212 g/mol. The molecule has 14 heavy (non-hydrogen) atoms. The van der Waals surface area contributed by atoms with Crippen molar-refractivity contribution in [1.82, 2.24) is 4.98 Å². The molecule has 1 rings (SSSR count). The summed E-state index contributed by atoms with van der Waals surface area (Å²) in [5, 5.41) is 0.545. The maximum Gasteiger partial charge on any atom is 0.131 e. The van der Waals surface area contributed by atoms with Gasteiger partial charge in [-0.3, -0.25) is 0 Å². The Bertz CT molecular complexity index is 304. The average molecular weight is 213 g/mol. The first-order chi connectivity index (χ1) is 6.38. The zero-order chi connectivity index (χ0) is 10.8. The fourth-order valence-electron chi connectivity index (χ4n) is 1.43. The molecule has 0 atom stereocenters. The van der Waals surface area contributed by atoms with Crippen LogP contribution >= 0.6 is 11.6 Å². The Labute approximate surface area is 90.9 Å². The maximum atomic E-state index is 5.82. The van der Waals surface area contributed by atoms with Gasteiger partial charge in [0.05, 0.1) is 0 Å². The van der Waals surface area contributed by atoms with Crippen molar-refractivity contribution in [3.63, 3.8) is 0 Å². The van der Waals surface area contributed by atoms with Crippen molar-refractivity contribution in [2.24, 2.45) is 5.41 Å². The number of anilines is 1. The van der Waals surface area contributed by atoms with Crippen LogP contribution in [0.3, 0.4) is 0 Å². The molecule has 0 N–H and O–H groups in total.